The maximum Gasteiger partial charge on any atom is 0.227 e. The Hall–Kier alpha value is -0.570. The van der Waals surface area contributed by atoms with Crippen LogP contribution in [0.15, 0.2) is 0 Å². The second-order valence-corrected chi connectivity index (χ2v) is 7.55. The number of amides is 1. The van der Waals surface area contributed by atoms with Crippen LogP contribution in [0.4, 0.5) is 0 Å². The topological polar surface area (TPSA) is 55.1 Å². The standard InChI is InChI=1S/C18H34N2O/c1-3-16(15-7-5-4-6-8-15)20-17(21)18(13-19)11-9-14(2)10-12-18/h14-16H,3-13,19H2,1-2H3,(H,20,21). The van der Waals surface area contributed by atoms with Crippen LogP contribution in [-0.2, 0) is 4.79 Å². The smallest absolute Gasteiger partial charge is 0.227 e. The van der Waals surface area contributed by atoms with E-state index in [1.165, 1.54) is 32.1 Å². The Bertz CT molecular complexity index is 328. The van der Waals surface area contributed by atoms with E-state index in [-0.39, 0.29) is 11.3 Å². The lowest BCUT2D eigenvalue weighted by Gasteiger charge is -2.39. The van der Waals surface area contributed by atoms with Gasteiger partial charge < -0.3 is 11.1 Å². The molecule has 2 rings (SSSR count). The van der Waals surface area contributed by atoms with Gasteiger partial charge >= 0.3 is 0 Å². The first kappa shape index (κ1) is 16.8. The predicted molar refractivity (Wildman–Crippen MR) is 87.9 cm³/mol. The minimum absolute atomic E-state index is 0.245. The molecule has 0 radical (unpaired) electrons. The highest BCUT2D eigenvalue weighted by atomic mass is 16.2. The molecule has 0 spiro atoms. The molecular weight excluding hydrogens is 260 g/mol. The number of carbonyl (C=O) groups excluding carboxylic acids is 1. The normalized spacial score (nSPS) is 32.6. The van der Waals surface area contributed by atoms with Gasteiger partial charge in [-0.15, -0.1) is 0 Å². The molecule has 0 saturated heterocycles. The zero-order valence-corrected chi connectivity index (χ0v) is 14.0. The molecular formula is C18H34N2O. The Morgan fingerprint density at radius 2 is 1.81 bits per heavy atom. The minimum atomic E-state index is -0.283. The zero-order chi connectivity index (χ0) is 15.3. The molecule has 1 amide bonds. The molecule has 2 aliphatic rings. The van der Waals surface area contributed by atoms with Gasteiger partial charge in [0.2, 0.25) is 5.91 Å². The Kier molecular flexibility index (Phi) is 6.09. The number of nitrogens with one attached hydrogen (secondary N) is 1. The Balaban J connectivity index is 1.96. The number of carbonyl (C=O) groups is 1. The van der Waals surface area contributed by atoms with Crippen molar-refractivity contribution >= 4 is 5.91 Å². The van der Waals surface area contributed by atoms with Gasteiger partial charge in [-0.3, -0.25) is 4.79 Å². The van der Waals surface area contributed by atoms with E-state index < -0.39 is 0 Å². The molecule has 122 valence electrons. The van der Waals surface area contributed by atoms with Crippen LogP contribution in [0.25, 0.3) is 0 Å². The van der Waals surface area contributed by atoms with E-state index in [2.05, 4.69) is 19.2 Å². The number of hydrogen-bond acceptors (Lipinski definition) is 2. The molecule has 0 aromatic carbocycles. The third-order valence-corrected chi connectivity index (χ3v) is 6.08. The van der Waals surface area contributed by atoms with Crippen LogP contribution in [0, 0.1) is 17.3 Å². The Morgan fingerprint density at radius 3 is 2.33 bits per heavy atom. The third kappa shape index (κ3) is 4.00. The van der Waals surface area contributed by atoms with Gasteiger partial charge in [-0.2, -0.15) is 0 Å². The van der Waals surface area contributed by atoms with E-state index in [0.717, 1.165) is 38.0 Å². The largest absolute Gasteiger partial charge is 0.353 e. The van der Waals surface area contributed by atoms with E-state index in [1.54, 1.807) is 0 Å². The van der Waals surface area contributed by atoms with Crippen LogP contribution < -0.4 is 11.1 Å². The van der Waals surface area contributed by atoms with Crippen molar-refractivity contribution in [3.05, 3.63) is 0 Å². The van der Waals surface area contributed by atoms with Crippen LogP contribution in [0.5, 0.6) is 0 Å². The summed E-state index contributed by atoms with van der Waals surface area (Å²) in [5, 5.41) is 3.39. The van der Waals surface area contributed by atoms with Crippen molar-refractivity contribution in [3.63, 3.8) is 0 Å². The van der Waals surface area contributed by atoms with Crippen molar-refractivity contribution in [2.45, 2.75) is 84.1 Å². The molecule has 0 aliphatic heterocycles. The maximum absolute atomic E-state index is 12.9. The van der Waals surface area contributed by atoms with E-state index in [1.807, 2.05) is 0 Å². The molecule has 2 saturated carbocycles. The fourth-order valence-electron chi connectivity index (χ4n) is 4.25. The minimum Gasteiger partial charge on any atom is -0.353 e. The molecule has 0 aromatic heterocycles. The fraction of sp³-hybridized carbons (Fsp3) is 0.944. The molecule has 1 unspecified atom stereocenters. The summed E-state index contributed by atoms with van der Waals surface area (Å²) in [6.45, 7) is 5.00. The first-order chi connectivity index (χ1) is 10.1. The second kappa shape index (κ2) is 7.62. The molecule has 0 aromatic rings. The van der Waals surface area contributed by atoms with Gasteiger partial charge in [0.1, 0.15) is 0 Å². The lowest BCUT2D eigenvalue weighted by Crippen LogP contribution is -2.52. The summed E-state index contributed by atoms with van der Waals surface area (Å²) in [7, 11) is 0. The Labute approximate surface area is 130 Å². The highest BCUT2D eigenvalue weighted by Crippen LogP contribution is 2.39. The van der Waals surface area contributed by atoms with Crippen molar-refractivity contribution in [2.75, 3.05) is 6.54 Å². The second-order valence-electron chi connectivity index (χ2n) is 7.55. The summed E-state index contributed by atoms with van der Waals surface area (Å²) < 4.78 is 0. The molecule has 0 heterocycles. The van der Waals surface area contributed by atoms with Crippen LogP contribution >= 0.6 is 0 Å². The van der Waals surface area contributed by atoms with E-state index >= 15 is 0 Å². The number of hydrogen-bond donors (Lipinski definition) is 2. The number of nitrogens with two attached hydrogens (primary N) is 1. The van der Waals surface area contributed by atoms with E-state index in [0.29, 0.717) is 18.5 Å². The number of rotatable bonds is 5. The maximum atomic E-state index is 12.9. The van der Waals surface area contributed by atoms with E-state index in [9.17, 15) is 4.79 Å². The summed E-state index contributed by atoms with van der Waals surface area (Å²) in [6, 6.07) is 0.362. The van der Waals surface area contributed by atoms with Gasteiger partial charge in [0.05, 0.1) is 5.41 Å². The first-order valence-corrected chi connectivity index (χ1v) is 9.12. The lowest BCUT2D eigenvalue weighted by molar-refractivity contribution is -0.134. The average molecular weight is 294 g/mol. The summed E-state index contributed by atoms with van der Waals surface area (Å²) in [5.41, 5.74) is 5.74. The summed E-state index contributed by atoms with van der Waals surface area (Å²) >= 11 is 0. The molecule has 0 bridgehead atoms. The van der Waals surface area contributed by atoms with Crippen molar-refractivity contribution in [3.8, 4) is 0 Å². The van der Waals surface area contributed by atoms with Crippen LogP contribution in [0.1, 0.15) is 78.1 Å². The SMILES string of the molecule is CCC(NC(=O)C1(CN)CCC(C)CC1)C1CCCCC1. The fourth-order valence-corrected chi connectivity index (χ4v) is 4.25. The molecule has 2 aliphatic carbocycles. The highest BCUT2D eigenvalue weighted by Gasteiger charge is 2.41. The zero-order valence-electron chi connectivity index (χ0n) is 14.0. The lowest BCUT2D eigenvalue weighted by atomic mass is 9.70. The molecule has 3 N–H and O–H groups in total. The highest BCUT2D eigenvalue weighted by molar-refractivity contribution is 5.83. The van der Waals surface area contributed by atoms with Gasteiger partial charge in [0.15, 0.2) is 0 Å². The van der Waals surface area contributed by atoms with E-state index in [4.69, 9.17) is 5.73 Å². The van der Waals surface area contributed by atoms with Gasteiger partial charge in [-0.1, -0.05) is 33.1 Å². The van der Waals surface area contributed by atoms with Crippen LogP contribution in [0.3, 0.4) is 0 Å². The Morgan fingerprint density at radius 1 is 1.19 bits per heavy atom. The van der Waals surface area contributed by atoms with Gasteiger partial charge in [-0.05, 0) is 56.8 Å². The van der Waals surface area contributed by atoms with Crippen molar-refractivity contribution < 1.29 is 4.79 Å². The predicted octanol–water partition coefficient (Wildman–Crippen LogP) is 3.62. The monoisotopic (exact) mass is 294 g/mol. The molecule has 3 nitrogen and oxygen atoms in total. The van der Waals surface area contributed by atoms with Crippen LogP contribution in [-0.4, -0.2) is 18.5 Å². The van der Waals surface area contributed by atoms with Gasteiger partial charge in [-0.25, -0.2) is 0 Å². The van der Waals surface area contributed by atoms with Crippen molar-refractivity contribution in [1.29, 1.82) is 0 Å². The molecule has 2 fully saturated rings. The third-order valence-electron chi connectivity index (χ3n) is 6.08. The molecule has 21 heavy (non-hydrogen) atoms. The summed E-state index contributed by atoms with van der Waals surface area (Å²) in [6.07, 6.45) is 11.9. The summed E-state index contributed by atoms with van der Waals surface area (Å²) in [4.78, 5) is 12.9. The summed E-state index contributed by atoms with van der Waals surface area (Å²) in [5.74, 6) is 1.68. The first-order valence-electron chi connectivity index (χ1n) is 9.12. The molecule has 1 atom stereocenters. The van der Waals surface area contributed by atoms with Crippen molar-refractivity contribution in [2.24, 2.45) is 23.0 Å². The quantitative estimate of drug-likeness (QED) is 0.813. The molecule has 3 heteroatoms. The average Bonchev–Trinajstić information content (AvgIpc) is 2.54. The van der Waals surface area contributed by atoms with Gasteiger partial charge in [0.25, 0.3) is 0 Å². The van der Waals surface area contributed by atoms with Crippen LogP contribution in [0.2, 0.25) is 0 Å². The van der Waals surface area contributed by atoms with Crippen molar-refractivity contribution in [1.82, 2.24) is 5.32 Å². The van der Waals surface area contributed by atoms with Gasteiger partial charge in [0, 0.05) is 12.6 Å².